The maximum absolute atomic E-state index is 12.2. The molecule has 0 saturated carbocycles. The summed E-state index contributed by atoms with van der Waals surface area (Å²) in [6, 6.07) is 0. The van der Waals surface area contributed by atoms with Crippen LogP contribution in [0.25, 0.3) is 0 Å². The molecule has 0 radical (unpaired) electrons. The standard InChI is InChI=1S/C10H17F2N3/c1-3-8(4-10(11)12)6-15-7(2)9(13)5-14-15/h5,8,10H,3-4,6,13H2,1-2H3. The van der Waals surface area contributed by atoms with Gasteiger partial charge in [-0.15, -0.1) is 0 Å². The third-order valence-electron chi connectivity index (χ3n) is 2.66. The molecule has 0 spiro atoms. The van der Waals surface area contributed by atoms with Crippen LogP contribution in [0.2, 0.25) is 0 Å². The zero-order valence-electron chi connectivity index (χ0n) is 9.08. The molecule has 1 aromatic rings. The number of halogens is 2. The zero-order valence-corrected chi connectivity index (χ0v) is 9.08. The molecule has 3 nitrogen and oxygen atoms in total. The fraction of sp³-hybridized carbons (Fsp3) is 0.700. The van der Waals surface area contributed by atoms with Crippen LogP contribution < -0.4 is 5.73 Å². The van der Waals surface area contributed by atoms with Crippen LogP contribution in [0.4, 0.5) is 14.5 Å². The number of hydrogen-bond acceptors (Lipinski definition) is 2. The number of alkyl halides is 2. The van der Waals surface area contributed by atoms with Gasteiger partial charge in [0, 0.05) is 13.0 Å². The van der Waals surface area contributed by atoms with Gasteiger partial charge in [-0.3, -0.25) is 4.68 Å². The van der Waals surface area contributed by atoms with E-state index in [1.54, 1.807) is 10.9 Å². The van der Waals surface area contributed by atoms with E-state index in [1.165, 1.54) is 0 Å². The number of nitrogens with two attached hydrogens (primary N) is 1. The van der Waals surface area contributed by atoms with E-state index < -0.39 is 6.43 Å². The Balaban J connectivity index is 2.62. The molecule has 0 aliphatic rings. The fourth-order valence-electron chi connectivity index (χ4n) is 1.51. The highest BCUT2D eigenvalue weighted by atomic mass is 19.3. The summed E-state index contributed by atoms with van der Waals surface area (Å²) in [5, 5.41) is 4.06. The van der Waals surface area contributed by atoms with Crippen molar-refractivity contribution in [3.05, 3.63) is 11.9 Å². The van der Waals surface area contributed by atoms with Crippen molar-refractivity contribution >= 4 is 5.69 Å². The Kier molecular flexibility index (Phi) is 4.05. The Bertz CT molecular complexity index is 310. The van der Waals surface area contributed by atoms with E-state index in [0.29, 0.717) is 12.2 Å². The van der Waals surface area contributed by atoms with E-state index in [1.807, 2.05) is 13.8 Å². The van der Waals surface area contributed by atoms with Gasteiger partial charge in [0.05, 0.1) is 17.6 Å². The van der Waals surface area contributed by atoms with Crippen molar-refractivity contribution in [1.82, 2.24) is 9.78 Å². The average molecular weight is 217 g/mol. The highest BCUT2D eigenvalue weighted by Crippen LogP contribution is 2.18. The minimum atomic E-state index is -2.25. The van der Waals surface area contributed by atoms with Gasteiger partial charge in [-0.2, -0.15) is 5.10 Å². The third kappa shape index (κ3) is 3.18. The SMILES string of the molecule is CCC(CC(F)F)Cn1ncc(N)c1C. The summed E-state index contributed by atoms with van der Waals surface area (Å²) in [6.45, 7) is 4.27. The van der Waals surface area contributed by atoms with Crippen molar-refractivity contribution in [3.63, 3.8) is 0 Å². The van der Waals surface area contributed by atoms with Gasteiger partial charge in [0.1, 0.15) is 0 Å². The number of anilines is 1. The lowest BCUT2D eigenvalue weighted by molar-refractivity contribution is 0.107. The first-order valence-electron chi connectivity index (χ1n) is 5.10. The summed E-state index contributed by atoms with van der Waals surface area (Å²) in [5.74, 6) is -0.0389. The molecule has 0 aromatic carbocycles. The monoisotopic (exact) mass is 217 g/mol. The van der Waals surface area contributed by atoms with Crippen LogP contribution in [0.3, 0.4) is 0 Å². The maximum atomic E-state index is 12.2. The van der Waals surface area contributed by atoms with Crippen LogP contribution in [0, 0.1) is 12.8 Å². The zero-order chi connectivity index (χ0) is 11.4. The van der Waals surface area contributed by atoms with Crippen LogP contribution in [0.5, 0.6) is 0 Å². The van der Waals surface area contributed by atoms with Gasteiger partial charge in [0.15, 0.2) is 0 Å². The second-order valence-electron chi connectivity index (χ2n) is 3.77. The minimum Gasteiger partial charge on any atom is -0.396 e. The van der Waals surface area contributed by atoms with Crippen molar-refractivity contribution in [3.8, 4) is 0 Å². The van der Waals surface area contributed by atoms with Gasteiger partial charge >= 0.3 is 0 Å². The van der Waals surface area contributed by atoms with E-state index in [9.17, 15) is 8.78 Å². The van der Waals surface area contributed by atoms with Crippen molar-refractivity contribution in [2.24, 2.45) is 5.92 Å². The molecular weight excluding hydrogens is 200 g/mol. The molecule has 0 amide bonds. The summed E-state index contributed by atoms with van der Waals surface area (Å²) in [6.07, 6.45) is -0.0351. The van der Waals surface area contributed by atoms with Crippen molar-refractivity contribution in [2.75, 3.05) is 5.73 Å². The number of nitrogen functional groups attached to an aromatic ring is 1. The number of nitrogens with zero attached hydrogens (tertiary/aromatic N) is 2. The Morgan fingerprint density at radius 2 is 2.20 bits per heavy atom. The average Bonchev–Trinajstić information content (AvgIpc) is 2.48. The number of rotatable bonds is 5. The first kappa shape index (κ1) is 11.9. The maximum Gasteiger partial charge on any atom is 0.239 e. The normalized spacial score (nSPS) is 13.4. The van der Waals surface area contributed by atoms with Crippen LogP contribution in [-0.2, 0) is 6.54 Å². The van der Waals surface area contributed by atoms with E-state index in [4.69, 9.17) is 5.73 Å². The van der Waals surface area contributed by atoms with E-state index in [-0.39, 0.29) is 12.3 Å². The Labute approximate surface area is 88.3 Å². The molecule has 86 valence electrons. The second kappa shape index (κ2) is 5.09. The quantitative estimate of drug-likeness (QED) is 0.823. The molecule has 0 fully saturated rings. The molecule has 1 rings (SSSR count). The topological polar surface area (TPSA) is 43.8 Å². The van der Waals surface area contributed by atoms with E-state index in [2.05, 4.69) is 5.10 Å². The highest BCUT2D eigenvalue weighted by Gasteiger charge is 2.15. The molecule has 1 aromatic heterocycles. The molecule has 0 bridgehead atoms. The molecule has 0 saturated heterocycles. The largest absolute Gasteiger partial charge is 0.396 e. The Morgan fingerprint density at radius 1 is 1.53 bits per heavy atom. The predicted molar refractivity (Wildman–Crippen MR) is 55.8 cm³/mol. The summed E-state index contributed by atoms with van der Waals surface area (Å²) in [5.41, 5.74) is 7.09. The molecule has 1 atom stereocenters. The number of hydrogen-bond donors (Lipinski definition) is 1. The minimum absolute atomic E-state index is 0.0389. The van der Waals surface area contributed by atoms with E-state index >= 15 is 0 Å². The fourth-order valence-corrected chi connectivity index (χ4v) is 1.51. The molecule has 0 aliphatic carbocycles. The van der Waals surface area contributed by atoms with Crippen molar-refractivity contribution in [1.29, 1.82) is 0 Å². The van der Waals surface area contributed by atoms with Gasteiger partial charge in [-0.25, -0.2) is 8.78 Å². The van der Waals surface area contributed by atoms with Gasteiger partial charge < -0.3 is 5.73 Å². The lowest BCUT2D eigenvalue weighted by Crippen LogP contribution is -2.15. The predicted octanol–water partition coefficient (Wildman–Crippen LogP) is 2.46. The van der Waals surface area contributed by atoms with Crippen molar-refractivity contribution < 1.29 is 8.78 Å². The van der Waals surface area contributed by atoms with Crippen molar-refractivity contribution in [2.45, 2.75) is 39.7 Å². The molecule has 0 aliphatic heterocycles. The lowest BCUT2D eigenvalue weighted by Gasteiger charge is -2.15. The third-order valence-corrected chi connectivity index (χ3v) is 2.66. The smallest absolute Gasteiger partial charge is 0.239 e. The second-order valence-corrected chi connectivity index (χ2v) is 3.77. The summed E-state index contributed by atoms with van der Waals surface area (Å²) in [7, 11) is 0. The Hall–Kier alpha value is -1.13. The number of aromatic nitrogens is 2. The first-order valence-corrected chi connectivity index (χ1v) is 5.10. The first-order chi connectivity index (χ1) is 7.04. The summed E-state index contributed by atoms with van der Waals surface area (Å²) in [4.78, 5) is 0. The lowest BCUT2D eigenvalue weighted by atomic mass is 10.0. The van der Waals surface area contributed by atoms with Crippen LogP contribution >= 0.6 is 0 Å². The van der Waals surface area contributed by atoms with Gasteiger partial charge in [0.2, 0.25) is 6.43 Å². The van der Waals surface area contributed by atoms with E-state index in [0.717, 1.165) is 12.1 Å². The molecule has 5 heteroatoms. The summed E-state index contributed by atoms with van der Waals surface area (Å²) >= 11 is 0. The van der Waals surface area contributed by atoms with Crippen LogP contribution in [0.15, 0.2) is 6.20 Å². The molecule has 1 heterocycles. The molecule has 2 N–H and O–H groups in total. The molecule has 1 unspecified atom stereocenters. The Morgan fingerprint density at radius 3 is 2.60 bits per heavy atom. The van der Waals surface area contributed by atoms with Gasteiger partial charge in [-0.1, -0.05) is 13.3 Å². The van der Waals surface area contributed by atoms with Crippen LogP contribution in [0.1, 0.15) is 25.5 Å². The summed E-state index contributed by atoms with van der Waals surface area (Å²) < 4.78 is 26.2. The van der Waals surface area contributed by atoms with Crippen LogP contribution in [-0.4, -0.2) is 16.2 Å². The molecular formula is C10H17F2N3. The van der Waals surface area contributed by atoms with Gasteiger partial charge in [0.25, 0.3) is 0 Å². The van der Waals surface area contributed by atoms with Gasteiger partial charge in [-0.05, 0) is 12.8 Å². The molecule has 15 heavy (non-hydrogen) atoms. The highest BCUT2D eigenvalue weighted by molar-refractivity contribution is 5.39.